The molecule has 2 fully saturated rings. The van der Waals surface area contributed by atoms with E-state index in [9.17, 15) is 19.5 Å². The van der Waals surface area contributed by atoms with Gasteiger partial charge in [0.1, 0.15) is 30.1 Å². The van der Waals surface area contributed by atoms with E-state index in [2.05, 4.69) is 25.4 Å². The molecule has 16 heteroatoms. The zero-order valence-corrected chi connectivity index (χ0v) is 30.3. The number of amides is 2. The number of hydrogen-bond acceptors (Lipinski definition) is 10. The molecule has 8 rings (SSSR count). The van der Waals surface area contributed by atoms with Crippen LogP contribution >= 0.6 is 0 Å². The van der Waals surface area contributed by atoms with Crippen LogP contribution in [0.2, 0.25) is 0 Å². The van der Waals surface area contributed by atoms with Gasteiger partial charge < -0.3 is 29.5 Å². The molecule has 1 spiro atoms. The molecule has 54 heavy (non-hydrogen) atoms. The summed E-state index contributed by atoms with van der Waals surface area (Å²) in [5.41, 5.74) is 0.780. The highest BCUT2D eigenvalue weighted by molar-refractivity contribution is 5.95. The number of halogens is 2. The summed E-state index contributed by atoms with van der Waals surface area (Å²) in [6.45, 7) is 3.77. The first-order valence-corrected chi connectivity index (χ1v) is 17.9. The Bertz CT molecular complexity index is 2400. The van der Waals surface area contributed by atoms with Crippen LogP contribution in [0.25, 0.3) is 17.2 Å². The largest absolute Gasteiger partial charge is 0.504 e. The maximum atomic E-state index is 15.6. The Hall–Kier alpha value is -5.61. The van der Waals surface area contributed by atoms with Gasteiger partial charge in [-0.2, -0.15) is 9.50 Å². The van der Waals surface area contributed by atoms with Crippen LogP contribution in [-0.4, -0.2) is 83.0 Å². The van der Waals surface area contributed by atoms with Crippen molar-refractivity contribution >= 4 is 23.3 Å². The van der Waals surface area contributed by atoms with Crippen LogP contribution in [0.1, 0.15) is 83.2 Å². The summed E-state index contributed by atoms with van der Waals surface area (Å²) in [4.78, 5) is 57.6. The lowest BCUT2D eigenvalue weighted by atomic mass is 9.85. The van der Waals surface area contributed by atoms with Gasteiger partial charge in [-0.25, -0.2) is 18.7 Å². The Morgan fingerprint density at radius 2 is 1.83 bits per heavy atom. The quantitative estimate of drug-likeness (QED) is 0.233. The lowest BCUT2D eigenvalue weighted by Crippen LogP contribution is -2.47. The van der Waals surface area contributed by atoms with Gasteiger partial charge in [-0.3, -0.25) is 14.4 Å². The fourth-order valence-corrected chi connectivity index (χ4v) is 7.70. The Balaban J connectivity index is 1.18. The number of anilines is 1. The van der Waals surface area contributed by atoms with Gasteiger partial charge >= 0.3 is 0 Å². The summed E-state index contributed by atoms with van der Waals surface area (Å²) in [6, 6.07) is 9.50. The van der Waals surface area contributed by atoms with E-state index in [0.29, 0.717) is 18.2 Å². The average molecular weight is 740 g/mol. The number of fused-ring (bicyclic) bond motifs is 3. The molecule has 5 aromatic rings. The molecule has 2 aromatic carbocycles. The Labute approximate surface area is 308 Å². The van der Waals surface area contributed by atoms with E-state index in [4.69, 9.17) is 4.74 Å². The summed E-state index contributed by atoms with van der Waals surface area (Å²) in [5.74, 6) is -2.23. The van der Waals surface area contributed by atoms with Gasteiger partial charge in [0.25, 0.3) is 11.5 Å². The number of nitrogens with zero attached hydrogens (tertiary/aromatic N) is 8. The highest BCUT2D eigenvalue weighted by atomic mass is 19.1. The molecule has 0 bridgehead atoms. The number of carbonyl (C=O) groups excluding carboxylic acids is 2. The molecule has 1 saturated heterocycles. The molecule has 5 heterocycles. The summed E-state index contributed by atoms with van der Waals surface area (Å²) in [6.07, 6.45) is 2.92. The van der Waals surface area contributed by atoms with Crippen molar-refractivity contribution in [3.63, 3.8) is 0 Å². The number of piperidine rings is 1. The number of nitrogens with one attached hydrogen (secondary N) is 1. The molecule has 3 aliphatic rings. The Kier molecular flexibility index (Phi) is 8.76. The molecule has 1 atom stereocenters. The standard InChI is InChI=1S/C38H39F2N9O5/c1-20-33(51)31(42-19-41-20)36(53)47-13-11-38(12-14-47)30-32(21(2)54-38)48(18-29(50)43-28-10-8-24(16-27(28)40)23-6-7-23)37-44-34(45-49(37)35(30)52)25-9-5-22(15-26(25)39)17-46(3)4/h5,8-10,15-16,19,21,23,51H,6-7,11-14,17-18H2,1-4H3,(H,43,50). The van der Waals surface area contributed by atoms with Gasteiger partial charge in [0, 0.05) is 19.6 Å². The van der Waals surface area contributed by atoms with E-state index in [1.807, 2.05) is 19.0 Å². The fourth-order valence-electron chi connectivity index (χ4n) is 7.70. The van der Waals surface area contributed by atoms with Crippen molar-refractivity contribution in [3.8, 4) is 17.1 Å². The van der Waals surface area contributed by atoms with E-state index in [0.717, 1.165) is 28.5 Å². The molecular formula is C38H39F2N9O5. The number of likely N-dealkylation sites (tertiary alicyclic amines) is 1. The lowest BCUT2D eigenvalue weighted by molar-refractivity contribution is -0.116. The van der Waals surface area contributed by atoms with Gasteiger partial charge in [0.05, 0.1) is 34.3 Å². The van der Waals surface area contributed by atoms with E-state index >= 15 is 8.78 Å². The van der Waals surface area contributed by atoms with Crippen molar-refractivity contribution < 1.29 is 28.2 Å². The maximum absolute atomic E-state index is 15.6. The van der Waals surface area contributed by atoms with Crippen molar-refractivity contribution in [2.75, 3.05) is 32.5 Å². The number of ether oxygens (including phenoxy) is 1. The third-order valence-electron chi connectivity index (χ3n) is 10.5. The molecule has 14 nitrogen and oxygen atoms in total. The van der Waals surface area contributed by atoms with E-state index in [1.165, 1.54) is 27.9 Å². The van der Waals surface area contributed by atoms with Crippen LogP contribution in [0.4, 0.5) is 14.5 Å². The van der Waals surface area contributed by atoms with E-state index in [1.54, 1.807) is 38.1 Å². The normalized spacial score (nSPS) is 17.8. The predicted octanol–water partition coefficient (Wildman–Crippen LogP) is 4.44. The van der Waals surface area contributed by atoms with Crippen LogP contribution in [0.3, 0.4) is 0 Å². The fraction of sp³-hybridized carbons (Fsp3) is 0.395. The average Bonchev–Trinajstić information content (AvgIpc) is 3.82. The zero-order valence-electron chi connectivity index (χ0n) is 30.3. The van der Waals surface area contributed by atoms with Crippen molar-refractivity contribution in [2.45, 2.75) is 70.2 Å². The summed E-state index contributed by atoms with van der Waals surface area (Å²) in [7, 11) is 3.75. The predicted molar refractivity (Wildman–Crippen MR) is 192 cm³/mol. The second-order valence-electron chi connectivity index (χ2n) is 14.6. The Morgan fingerprint density at radius 3 is 2.52 bits per heavy atom. The van der Waals surface area contributed by atoms with Gasteiger partial charge in [0.2, 0.25) is 11.7 Å². The molecule has 280 valence electrons. The van der Waals surface area contributed by atoms with Gasteiger partial charge in [-0.1, -0.05) is 12.1 Å². The molecule has 2 amide bonds. The number of aromatic hydroxyl groups is 1. The molecule has 1 unspecified atom stereocenters. The SMILES string of the molecule is Cc1ncnc(C(=O)N2CCC3(CC2)OC(C)c2c3c(=O)n3nc(-c4ccc(CN(C)C)cc4F)nc3n2CC(=O)Nc2ccc(C3CC3)cc2F)c1O. The number of benzene rings is 2. The number of hydrogen-bond donors (Lipinski definition) is 2. The zero-order chi connectivity index (χ0) is 38.1. The van der Waals surface area contributed by atoms with Crippen LogP contribution < -0.4 is 10.9 Å². The monoisotopic (exact) mass is 739 g/mol. The first kappa shape index (κ1) is 35.4. The number of rotatable bonds is 8. The van der Waals surface area contributed by atoms with Gasteiger partial charge in [0.15, 0.2) is 17.3 Å². The van der Waals surface area contributed by atoms with E-state index in [-0.39, 0.29) is 78.0 Å². The summed E-state index contributed by atoms with van der Waals surface area (Å²) in [5, 5.41) is 17.6. The Morgan fingerprint density at radius 1 is 1.07 bits per heavy atom. The van der Waals surface area contributed by atoms with Crippen LogP contribution in [0, 0.1) is 18.6 Å². The topological polar surface area (TPSA) is 160 Å². The highest BCUT2D eigenvalue weighted by Crippen LogP contribution is 2.48. The summed E-state index contributed by atoms with van der Waals surface area (Å²) >= 11 is 0. The first-order valence-electron chi connectivity index (χ1n) is 17.9. The van der Waals surface area contributed by atoms with E-state index < -0.39 is 40.7 Å². The summed E-state index contributed by atoms with van der Waals surface area (Å²) < 4.78 is 39.9. The molecule has 2 aliphatic heterocycles. The molecular weight excluding hydrogens is 700 g/mol. The van der Waals surface area contributed by atoms with Crippen molar-refractivity contribution in [1.29, 1.82) is 0 Å². The van der Waals surface area contributed by atoms with Crippen molar-refractivity contribution in [2.24, 2.45) is 0 Å². The molecule has 2 N–H and O–H groups in total. The number of aromatic nitrogens is 6. The van der Waals surface area contributed by atoms with Crippen LogP contribution in [0.5, 0.6) is 5.75 Å². The molecule has 3 aromatic heterocycles. The minimum Gasteiger partial charge on any atom is -0.504 e. The van der Waals surface area contributed by atoms with Crippen molar-refractivity contribution in [1.82, 2.24) is 38.9 Å². The van der Waals surface area contributed by atoms with Crippen molar-refractivity contribution in [3.05, 3.63) is 98.5 Å². The molecule has 0 radical (unpaired) electrons. The highest BCUT2D eigenvalue weighted by Gasteiger charge is 2.50. The molecule has 1 saturated carbocycles. The van der Waals surface area contributed by atoms with Crippen LogP contribution in [0.15, 0.2) is 47.5 Å². The lowest BCUT2D eigenvalue weighted by Gasteiger charge is -2.39. The second-order valence-corrected chi connectivity index (χ2v) is 14.6. The van der Waals surface area contributed by atoms with Gasteiger partial charge in [-0.05, 0) is 94.9 Å². The second kappa shape index (κ2) is 13.4. The van der Waals surface area contributed by atoms with Gasteiger partial charge in [-0.15, -0.1) is 5.10 Å². The third-order valence-corrected chi connectivity index (χ3v) is 10.5. The minimum absolute atomic E-state index is 0.0139. The maximum Gasteiger partial charge on any atom is 0.282 e. The third kappa shape index (κ3) is 6.18. The van der Waals surface area contributed by atoms with Crippen LogP contribution in [-0.2, 0) is 28.2 Å². The smallest absolute Gasteiger partial charge is 0.282 e. The first-order chi connectivity index (χ1) is 25.8. The number of carbonyl (C=O) groups is 2. The molecule has 1 aliphatic carbocycles. The number of aryl methyl sites for hydroxylation is 1. The minimum atomic E-state index is -1.17.